The van der Waals surface area contributed by atoms with Gasteiger partial charge in [0.25, 0.3) is 5.91 Å². The largest absolute Gasteiger partial charge is 0.279 e. The molecule has 0 aliphatic heterocycles. The third-order valence-corrected chi connectivity index (χ3v) is 8.09. The molecule has 1 saturated carbocycles. The number of hydrogen-bond acceptors (Lipinski definition) is 5. The number of amides is 2. The van der Waals surface area contributed by atoms with Gasteiger partial charge in [0.15, 0.2) is 9.84 Å². The van der Waals surface area contributed by atoms with Gasteiger partial charge in [0, 0.05) is 11.3 Å². The number of hydrazine groups is 1. The fourth-order valence-electron chi connectivity index (χ4n) is 3.13. The Hall–Kier alpha value is -2.26. The summed E-state index contributed by atoms with van der Waals surface area (Å²) in [5, 5.41) is -0.342. The lowest BCUT2D eigenvalue weighted by atomic mass is 10.2. The zero-order valence-electron chi connectivity index (χ0n) is 15.1. The summed E-state index contributed by atoms with van der Waals surface area (Å²) < 4.78 is 37.3. The highest BCUT2D eigenvalue weighted by Crippen LogP contribution is 2.28. The van der Waals surface area contributed by atoms with Gasteiger partial charge in [0.05, 0.1) is 15.9 Å². The highest BCUT2D eigenvalue weighted by Gasteiger charge is 2.28. The first-order chi connectivity index (χ1) is 13.3. The molecule has 1 aromatic carbocycles. The molecule has 2 N–H and O–H groups in total. The summed E-state index contributed by atoms with van der Waals surface area (Å²) in [6, 6.07) is 9.27. The monoisotopic (exact) mass is 424 g/mol. The fourth-order valence-corrected chi connectivity index (χ4v) is 5.89. The number of carbonyl (C=O) groups is 2. The molecule has 0 atom stereocenters. The first-order valence-electron chi connectivity index (χ1n) is 9.02. The Morgan fingerprint density at radius 3 is 2.39 bits per heavy atom. The summed E-state index contributed by atoms with van der Waals surface area (Å²) in [6.07, 6.45) is 2.95. The van der Waals surface area contributed by atoms with Crippen LogP contribution in [0.4, 0.5) is 4.39 Å². The number of benzene rings is 1. The molecule has 0 unspecified atom stereocenters. The molecule has 0 bridgehead atoms. The van der Waals surface area contributed by atoms with Crippen LogP contribution in [-0.4, -0.2) is 31.2 Å². The Labute approximate surface area is 167 Å². The van der Waals surface area contributed by atoms with Crippen LogP contribution < -0.4 is 10.9 Å². The van der Waals surface area contributed by atoms with Crippen LogP contribution in [-0.2, 0) is 14.6 Å². The highest BCUT2D eigenvalue weighted by atomic mass is 32.2. The van der Waals surface area contributed by atoms with Gasteiger partial charge in [-0.1, -0.05) is 25.0 Å². The lowest BCUT2D eigenvalue weighted by Gasteiger charge is -2.11. The van der Waals surface area contributed by atoms with E-state index in [4.69, 9.17) is 0 Å². The molecular weight excluding hydrogens is 403 g/mol. The Kier molecular flexibility index (Phi) is 6.46. The van der Waals surface area contributed by atoms with Crippen molar-refractivity contribution < 1.29 is 22.4 Å². The number of carbonyl (C=O) groups excluding carboxylic acids is 2. The summed E-state index contributed by atoms with van der Waals surface area (Å²) in [7, 11) is -3.27. The van der Waals surface area contributed by atoms with Crippen molar-refractivity contribution in [3.8, 4) is 10.4 Å². The zero-order valence-corrected chi connectivity index (χ0v) is 16.7. The summed E-state index contributed by atoms with van der Waals surface area (Å²) in [6.45, 7) is 0. The van der Waals surface area contributed by atoms with Gasteiger partial charge in [-0.3, -0.25) is 20.4 Å². The maximum absolute atomic E-state index is 13.0. The van der Waals surface area contributed by atoms with Crippen LogP contribution in [0.15, 0.2) is 36.4 Å². The van der Waals surface area contributed by atoms with E-state index in [1.807, 2.05) is 0 Å². The molecule has 2 aromatic rings. The number of hydrogen-bond donors (Lipinski definition) is 2. The van der Waals surface area contributed by atoms with Crippen LogP contribution in [0, 0.1) is 5.82 Å². The fraction of sp³-hybridized carbons (Fsp3) is 0.368. The third kappa shape index (κ3) is 5.17. The van der Waals surface area contributed by atoms with Crippen LogP contribution in [0.5, 0.6) is 0 Å². The van der Waals surface area contributed by atoms with Crippen molar-refractivity contribution in [2.75, 3.05) is 5.75 Å². The first-order valence-corrected chi connectivity index (χ1v) is 11.5. The van der Waals surface area contributed by atoms with Gasteiger partial charge in [0.1, 0.15) is 5.82 Å². The van der Waals surface area contributed by atoms with Crippen LogP contribution >= 0.6 is 11.3 Å². The van der Waals surface area contributed by atoms with E-state index in [1.54, 1.807) is 24.3 Å². The van der Waals surface area contributed by atoms with E-state index in [0.717, 1.165) is 23.3 Å². The zero-order chi connectivity index (χ0) is 20.1. The molecule has 3 rings (SSSR count). The molecule has 1 aliphatic carbocycles. The second-order valence-corrected chi connectivity index (χ2v) is 10.2. The maximum Gasteiger partial charge on any atom is 0.279 e. The van der Waals surface area contributed by atoms with Gasteiger partial charge in [-0.05, 0) is 42.7 Å². The number of rotatable bonds is 6. The lowest BCUT2D eigenvalue weighted by Crippen LogP contribution is -2.42. The number of halogens is 1. The molecule has 150 valence electrons. The van der Waals surface area contributed by atoms with E-state index in [2.05, 4.69) is 10.9 Å². The highest BCUT2D eigenvalue weighted by molar-refractivity contribution is 7.92. The minimum Gasteiger partial charge on any atom is -0.273 e. The molecule has 28 heavy (non-hydrogen) atoms. The summed E-state index contributed by atoms with van der Waals surface area (Å²) in [5.74, 6) is -1.60. The minimum absolute atomic E-state index is 0.190. The maximum atomic E-state index is 13.0. The molecule has 6 nitrogen and oxygen atoms in total. The average Bonchev–Trinajstić information content (AvgIpc) is 3.37. The van der Waals surface area contributed by atoms with E-state index in [9.17, 15) is 22.4 Å². The normalized spacial score (nSPS) is 14.8. The second kappa shape index (κ2) is 8.83. The van der Waals surface area contributed by atoms with Crippen LogP contribution in [0.25, 0.3) is 10.4 Å². The standard InChI is InChI=1S/C19H21FN2O4S2/c20-14-7-5-13(6-8-14)16-9-10-17(27-16)19(24)22-21-18(23)11-12-28(25,26)15-3-1-2-4-15/h5-10,15H,1-4,11-12H2,(H,21,23)(H,22,24). The summed E-state index contributed by atoms with van der Waals surface area (Å²) >= 11 is 1.20. The van der Waals surface area contributed by atoms with Gasteiger partial charge in [-0.2, -0.15) is 0 Å². The third-order valence-electron chi connectivity index (χ3n) is 4.70. The molecule has 0 spiro atoms. The van der Waals surface area contributed by atoms with Crippen molar-refractivity contribution in [2.45, 2.75) is 37.4 Å². The quantitative estimate of drug-likeness (QED) is 0.697. The Bertz CT molecular complexity index is 949. The molecule has 0 saturated heterocycles. The van der Waals surface area contributed by atoms with Crippen molar-refractivity contribution in [1.29, 1.82) is 0 Å². The second-order valence-electron chi connectivity index (χ2n) is 6.70. The molecule has 1 fully saturated rings. The predicted molar refractivity (Wildman–Crippen MR) is 106 cm³/mol. The minimum atomic E-state index is -3.27. The average molecular weight is 425 g/mol. The number of sulfone groups is 1. The molecular formula is C19H21FN2O4S2. The van der Waals surface area contributed by atoms with E-state index >= 15 is 0 Å². The van der Waals surface area contributed by atoms with Crippen molar-refractivity contribution in [3.05, 3.63) is 47.1 Å². The van der Waals surface area contributed by atoms with Crippen LogP contribution in [0.1, 0.15) is 41.8 Å². The Balaban J connectivity index is 1.48. The summed E-state index contributed by atoms with van der Waals surface area (Å²) in [5.41, 5.74) is 5.33. The first kappa shape index (κ1) is 20.5. The molecule has 0 radical (unpaired) electrons. The molecule has 1 aromatic heterocycles. The van der Waals surface area contributed by atoms with Crippen LogP contribution in [0.2, 0.25) is 0 Å². The Morgan fingerprint density at radius 1 is 1.04 bits per heavy atom. The lowest BCUT2D eigenvalue weighted by molar-refractivity contribution is -0.121. The van der Waals surface area contributed by atoms with Crippen molar-refractivity contribution >= 4 is 33.0 Å². The van der Waals surface area contributed by atoms with Crippen molar-refractivity contribution in [1.82, 2.24) is 10.9 Å². The molecule has 2 amide bonds. The van der Waals surface area contributed by atoms with Crippen molar-refractivity contribution in [3.63, 3.8) is 0 Å². The SMILES string of the molecule is O=C(CCS(=O)(=O)C1CCCC1)NNC(=O)c1ccc(-c2ccc(F)cc2)s1. The summed E-state index contributed by atoms with van der Waals surface area (Å²) in [4.78, 5) is 25.2. The van der Waals surface area contributed by atoms with Gasteiger partial charge >= 0.3 is 0 Å². The molecule has 1 heterocycles. The topological polar surface area (TPSA) is 92.3 Å². The number of nitrogens with one attached hydrogen (secondary N) is 2. The smallest absolute Gasteiger partial charge is 0.273 e. The van der Waals surface area contributed by atoms with E-state index in [1.165, 1.54) is 23.5 Å². The van der Waals surface area contributed by atoms with Gasteiger partial charge < -0.3 is 0 Å². The van der Waals surface area contributed by atoms with E-state index in [-0.39, 0.29) is 23.2 Å². The van der Waals surface area contributed by atoms with E-state index < -0.39 is 21.7 Å². The van der Waals surface area contributed by atoms with Gasteiger partial charge in [-0.25, -0.2) is 12.8 Å². The van der Waals surface area contributed by atoms with Gasteiger partial charge in [0.2, 0.25) is 5.91 Å². The Morgan fingerprint density at radius 2 is 1.71 bits per heavy atom. The van der Waals surface area contributed by atoms with Crippen molar-refractivity contribution in [2.24, 2.45) is 0 Å². The predicted octanol–water partition coefficient (Wildman–Crippen LogP) is 3.06. The van der Waals surface area contributed by atoms with Gasteiger partial charge in [-0.15, -0.1) is 11.3 Å². The van der Waals surface area contributed by atoms with E-state index in [0.29, 0.717) is 17.7 Å². The van der Waals surface area contributed by atoms with Crippen LogP contribution in [0.3, 0.4) is 0 Å². The number of thiophene rings is 1. The molecule has 1 aliphatic rings. The molecule has 9 heteroatoms.